The molecule has 8 nitrogen and oxygen atoms in total. The molecule has 1 unspecified atom stereocenters. The molecule has 220 valence electrons. The van der Waals surface area contributed by atoms with Crippen molar-refractivity contribution in [2.45, 2.75) is 26.0 Å². The van der Waals surface area contributed by atoms with Crippen LogP contribution in [0.2, 0.25) is 0 Å². The third-order valence-electron chi connectivity index (χ3n) is 7.70. The number of hydrogen-bond donors (Lipinski definition) is 1. The first-order valence-electron chi connectivity index (χ1n) is 14.1. The number of morpholine rings is 1. The van der Waals surface area contributed by atoms with Crippen LogP contribution in [0.1, 0.15) is 34.7 Å². The van der Waals surface area contributed by atoms with Gasteiger partial charge in [0.1, 0.15) is 18.2 Å². The molecule has 0 spiro atoms. The van der Waals surface area contributed by atoms with Crippen LogP contribution in [0.25, 0.3) is 5.76 Å². The van der Waals surface area contributed by atoms with Gasteiger partial charge >= 0.3 is 0 Å². The number of Topliss-reactive ketones (excluding diaryl/α,β-unsaturated/α-hetero) is 1. The normalized spacial score (nSPS) is 18.8. The Morgan fingerprint density at radius 1 is 1.00 bits per heavy atom. The van der Waals surface area contributed by atoms with Gasteiger partial charge in [-0.2, -0.15) is 0 Å². The number of rotatable bonds is 10. The molecule has 0 radical (unpaired) electrons. The minimum absolute atomic E-state index is 0.0883. The van der Waals surface area contributed by atoms with Crippen molar-refractivity contribution >= 4 is 17.4 Å². The molecule has 42 heavy (non-hydrogen) atoms. The second-order valence-electron chi connectivity index (χ2n) is 10.4. The third-order valence-corrected chi connectivity index (χ3v) is 7.70. The number of ether oxygens (including phenoxy) is 3. The first kappa shape index (κ1) is 29.3. The lowest BCUT2D eigenvalue weighted by molar-refractivity contribution is -0.140. The van der Waals surface area contributed by atoms with E-state index in [-0.39, 0.29) is 11.1 Å². The number of carbonyl (C=O) groups is 2. The standard InChI is InChI=1S/C33H35FN2O6/c1-22-9-10-25(19-26(22)34)31(37)29-30(36(33(39)32(29)38)14-6-13-35-15-17-41-18-16-35)24-11-12-27(28(20-24)40-2)42-21-23-7-4-3-5-8-23/h3-5,7-12,19-20,30,37H,6,13-18,21H2,1-2H3. The molecule has 2 saturated heterocycles. The molecular weight excluding hydrogens is 539 g/mol. The second kappa shape index (κ2) is 13.2. The van der Waals surface area contributed by atoms with Gasteiger partial charge in [0.25, 0.3) is 11.7 Å². The van der Waals surface area contributed by atoms with Crippen molar-refractivity contribution in [1.82, 2.24) is 9.80 Å². The Morgan fingerprint density at radius 3 is 2.48 bits per heavy atom. The van der Waals surface area contributed by atoms with E-state index in [1.807, 2.05) is 30.3 Å². The van der Waals surface area contributed by atoms with Gasteiger partial charge in [-0.3, -0.25) is 14.5 Å². The molecule has 2 aliphatic rings. The van der Waals surface area contributed by atoms with Crippen molar-refractivity contribution < 1.29 is 33.3 Å². The number of aryl methyl sites for hydroxylation is 1. The average Bonchev–Trinajstić information content (AvgIpc) is 3.27. The summed E-state index contributed by atoms with van der Waals surface area (Å²) in [4.78, 5) is 30.6. The number of benzene rings is 3. The van der Waals surface area contributed by atoms with E-state index in [1.54, 1.807) is 25.1 Å². The molecule has 2 fully saturated rings. The molecule has 1 N–H and O–H groups in total. The van der Waals surface area contributed by atoms with Gasteiger partial charge in [0.15, 0.2) is 11.5 Å². The highest BCUT2D eigenvalue weighted by atomic mass is 19.1. The van der Waals surface area contributed by atoms with Gasteiger partial charge in [0.2, 0.25) is 0 Å². The molecule has 0 aliphatic carbocycles. The van der Waals surface area contributed by atoms with E-state index in [9.17, 15) is 19.1 Å². The molecule has 5 rings (SSSR count). The maximum absolute atomic E-state index is 14.4. The molecule has 0 aromatic heterocycles. The first-order chi connectivity index (χ1) is 20.4. The third kappa shape index (κ3) is 6.32. The summed E-state index contributed by atoms with van der Waals surface area (Å²) in [6, 6.07) is 18.3. The lowest BCUT2D eigenvalue weighted by Crippen LogP contribution is -2.39. The number of aliphatic hydroxyl groups is 1. The number of carbonyl (C=O) groups excluding carboxylic acids is 2. The largest absolute Gasteiger partial charge is 0.507 e. The second-order valence-corrected chi connectivity index (χ2v) is 10.4. The SMILES string of the molecule is COc1cc(C2C(=C(O)c3ccc(C)c(F)c3)C(=O)C(=O)N2CCCN2CCOCC2)ccc1OCc1ccccc1. The lowest BCUT2D eigenvalue weighted by atomic mass is 9.94. The molecule has 0 bridgehead atoms. The number of nitrogens with zero attached hydrogens (tertiary/aromatic N) is 2. The van der Waals surface area contributed by atoms with Gasteiger partial charge in [-0.25, -0.2) is 4.39 Å². The average molecular weight is 575 g/mol. The number of likely N-dealkylation sites (tertiary alicyclic amines) is 1. The van der Waals surface area contributed by atoms with E-state index in [0.717, 1.165) is 25.2 Å². The topological polar surface area (TPSA) is 88.5 Å². The number of methoxy groups -OCH3 is 1. The van der Waals surface area contributed by atoms with Gasteiger partial charge in [-0.15, -0.1) is 0 Å². The fraction of sp³-hybridized carbons (Fsp3) is 0.333. The highest BCUT2D eigenvalue weighted by Crippen LogP contribution is 2.42. The molecule has 2 aliphatic heterocycles. The van der Waals surface area contributed by atoms with Crippen LogP contribution in [-0.2, 0) is 20.9 Å². The van der Waals surface area contributed by atoms with Gasteiger partial charge in [0, 0.05) is 31.7 Å². The highest BCUT2D eigenvalue weighted by molar-refractivity contribution is 6.46. The summed E-state index contributed by atoms with van der Waals surface area (Å²) in [6.07, 6.45) is 0.623. The summed E-state index contributed by atoms with van der Waals surface area (Å²) >= 11 is 0. The maximum atomic E-state index is 14.4. The number of aliphatic hydroxyl groups excluding tert-OH is 1. The zero-order chi connectivity index (χ0) is 29.6. The molecule has 9 heteroatoms. The van der Waals surface area contributed by atoms with Crippen LogP contribution in [0.3, 0.4) is 0 Å². The summed E-state index contributed by atoms with van der Waals surface area (Å²) in [7, 11) is 1.52. The van der Waals surface area contributed by atoms with Crippen LogP contribution in [0.4, 0.5) is 4.39 Å². The smallest absolute Gasteiger partial charge is 0.295 e. The van der Waals surface area contributed by atoms with E-state index >= 15 is 0 Å². The van der Waals surface area contributed by atoms with Crippen LogP contribution in [0.5, 0.6) is 11.5 Å². The summed E-state index contributed by atoms with van der Waals surface area (Å²) in [5, 5.41) is 11.3. The summed E-state index contributed by atoms with van der Waals surface area (Å²) in [5.74, 6) is -1.54. The molecule has 3 aromatic rings. The van der Waals surface area contributed by atoms with E-state index in [1.165, 1.54) is 30.2 Å². The van der Waals surface area contributed by atoms with Gasteiger partial charge in [-0.1, -0.05) is 48.5 Å². The predicted octanol–water partition coefficient (Wildman–Crippen LogP) is 4.87. The molecular formula is C33H35FN2O6. The number of amides is 1. The van der Waals surface area contributed by atoms with Gasteiger partial charge < -0.3 is 24.2 Å². The van der Waals surface area contributed by atoms with Crippen molar-refractivity contribution in [3.05, 3.63) is 100 Å². The fourth-order valence-electron chi connectivity index (χ4n) is 5.35. The van der Waals surface area contributed by atoms with Crippen LogP contribution in [-0.4, -0.2) is 73.1 Å². The molecule has 0 saturated carbocycles. The summed E-state index contributed by atoms with van der Waals surface area (Å²) in [6.45, 7) is 5.91. The fourth-order valence-corrected chi connectivity index (χ4v) is 5.35. The Hall–Kier alpha value is -4.21. The zero-order valence-electron chi connectivity index (χ0n) is 23.8. The van der Waals surface area contributed by atoms with Crippen molar-refractivity contribution in [2.75, 3.05) is 46.5 Å². The zero-order valence-corrected chi connectivity index (χ0v) is 23.8. The number of ketones is 1. The maximum Gasteiger partial charge on any atom is 0.295 e. The number of hydrogen-bond acceptors (Lipinski definition) is 7. The molecule has 1 amide bonds. The van der Waals surface area contributed by atoms with Crippen LogP contribution in [0.15, 0.2) is 72.3 Å². The Balaban J connectivity index is 1.49. The quantitative estimate of drug-likeness (QED) is 0.210. The Bertz CT molecular complexity index is 1470. The Morgan fingerprint density at radius 2 is 1.76 bits per heavy atom. The molecule has 1 atom stereocenters. The van der Waals surface area contributed by atoms with E-state index in [4.69, 9.17) is 14.2 Å². The van der Waals surface area contributed by atoms with E-state index < -0.39 is 29.3 Å². The molecule has 2 heterocycles. The van der Waals surface area contributed by atoms with Crippen molar-refractivity contribution in [3.8, 4) is 11.5 Å². The minimum Gasteiger partial charge on any atom is -0.507 e. The van der Waals surface area contributed by atoms with E-state index in [0.29, 0.717) is 55.4 Å². The van der Waals surface area contributed by atoms with Crippen molar-refractivity contribution in [1.29, 1.82) is 0 Å². The van der Waals surface area contributed by atoms with Gasteiger partial charge in [0.05, 0.1) is 31.9 Å². The monoisotopic (exact) mass is 574 g/mol. The lowest BCUT2D eigenvalue weighted by Gasteiger charge is -2.29. The van der Waals surface area contributed by atoms with E-state index in [2.05, 4.69) is 4.90 Å². The predicted molar refractivity (Wildman–Crippen MR) is 156 cm³/mol. The van der Waals surface area contributed by atoms with Gasteiger partial charge in [-0.05, 0) is 48.2 Å². The number of halogens is 1. The minimum atomic E-state index is -0.892. The van der Waals surface area contributed by atoms with Crippen molar-refractivity contribution in [2.24, 2.45) is 0 Å². The van der Waals surface area contributed by atoms with Crippen LogP contribution in [0, 0.1) is 12.7 Å². The first-order valence-corrected chi connectivity index (χ1v) is 14.1. The summed E-state index contributed by atoms with van der Waals surface area (Å²) < 4.78 is 31.5. The highest BCUT2D eigenvalue weighted by Gasteiger charge is 2.46. The Kier molecular flexibility index (Phi) is 9.19. The van der Waals surface area contributed by atoms with Crippen LogP contribution < -0.4 is 9.47 Å². The summed E-state index contributed by atoms with van der Waals surface area (Å²) in [5.41, 5.74) is 2.00. The van der Waals surface area contributed by atoms with Crippen molar-refractivity contribution in [3.63, 3.8) is 0 Å². The Labute approximate surface area is 244 Å². The van der Waals surface area contributed by atoms with Crippen LogP contribution >= 0.6 is 0 Å². The molecule has 3 aromatic carbocycles.